The van der Waals surface area contributed by atoms with Crippen LogP contribution in [0.15, 0.2) is 53.4 Å². The standard InChI is InChI=1S/C25H31N3O4S/c1-4-28(5-2)24(29)19-8-6-18(7-9-19)22-17-25(12-14-27-15-13-25)32-23-11-10-20(16-21(22)23)33(30,31)26-3/h6-11,16-17,26-27H,4-5,12-15H2,1-3H3. The molecule has 0 atom stereocenters. The highest BCUT2D eigenvalue weighted by Crippen LogP contribution is 2.43. The maximum atomic E-state index is 12.7. The summed E-state index contributed by atoms with van der Waals surface area (Å²) >= 11 is 0. The molecular formula is C25H31N3O4S. The Hall–Kier alpha value is -2.68. The molecule has 1 fully saturated rings. The van der Waals surface area contributed by atoms with Crippen LogP contribution in [0.25, 0.3) is 5.57 Å². The first-order valence-corrected chi connectivity index (χ1v) is 12.9. The third-order valence-electron chi connectivity index (χ3n) is 6.48. The van der Waals surface area contributed by atoms with E-state index in [0.29, 0.717) is 24.4 Å². The molecule has 1 saturated heterocycles. The van der Waals surface area contributed by atoms with Gasteiger partial charge in [-0.05, 0) is 81.5 Å². The molecule has 0 aromatic heterocycles. The zero-order valence-corrected chi connectivity index (χ0v) is 20.2. The first kappa shape index (κ1) is 23.5. The summed E-state index contributed by atoms with van der Waals surface area (Å²) in [5.41, 5.74) is 2.78. The Bertz CT molecular complexity index is 1160. The highest BCUT2D eigenvalue weighted by molar-refractivity contribution is 7.89. The quantitative estimate of drug-likeness (QED) is 0.679. The maximum Gasteiger partial charge on any atom is 0.253 e. The zero-order valence-electron chi connectivity index (χ0n) is 19.3. The molecule has 2 aromatic rings. The van der Waals surface area contributed by atoms with Gasteiger partial charge < -0.3 is 15.0 Å². The Kier molecular flexibility index (Phi) is 6.61. The number of piperidine rings is 1. The van der Waals surface area contributed by atoms with E-state index in [1.54, 1.807) is 23.1 Å². The van der Waals surface area contributed by atoms with Gasteiger partial charge in [-0.2, -0.15) is 0 Å². The lowest BCUT2D eigenvalue weighted by Gasteiger charge is -2.40. The maximum absolute atomic E-state index is 12.7. The smallest absolute Gasteiger partial charge is 0.253 e. The van der Waals surface area contributed by atoms with Gasteiger partial charge in [0.15, 0.2) is 0 Å². The second-order valence-electron chi connectivity index (χ2n) is 8.40. The molecule has 2 aromatic carbocycles. The predicted octanol–water partition coefficient (Wildman–Crippen LogP) is 3.02. The first-order valence-electron chi connectivity index (χ1n) is 11.4. The lowest BCUT2D eigenvalue weighted by Crippen LogP contribution is -2.46. The molecule has 0 radical (unpaired) electrons. The van der Waals surface area contributed by atoms with Crippen molar-refractivity contribution in [1.82, 2.24) is 14.9 Å². The number of benzene rings is 2. The number of nitrogens with zero attached hydrogens (tertiary/aromatic N) is 1. The fourth-order valence-electron chi connectivity index (χ4n) is 4.50. The van der Waals surface area contributed by atoms with Gasteiger partial charge in [0.1, 0.15) is 11.4 Å². The summed E-state index contributed by atoms with van der Waals surface area (Å²) in [5.74, 6) is 0.679. The number of sulfonamides is 1. The number of fused-ring (bicyclic) bond motifs is 1. The van der Waals surface area contributed by atoms with Gasteiger partial charge >= 0.3 is 0 Å². The van der Waals surface area contributed by atoms with Crippen molar-refractivity contribution < 1.29 is 17.9 Å². The van der Waals surface area contributed by atoms with Gasteiger partial charge in [0.05, 0.1) is 4.90 Å². The van der Waals surface area contributed by atoms with Gasteiger partial charge in [0.2, 0.25) is 10.0 Å². The van der Waals surface area contributed by atoms with E-state index >= 15 is 0 Å². The van der Waals surface area contributed by atoms with Crippen molar-refractivity contribution in [3.05, 3.63) is 65.2 Å². The summed E-state index contributed by atoms with van der Waals surface area (Å²) < 4.78 is 33.7. The molecule has 1 spiro atoms. The molecule has 7 nitrogen and oxygen atoms in total. The van der Waals surface area contributed by atoms with Gasteiger partial charge in [0.25, 0.3) is 5.91 Å². The average Bonchev–Trinajstić information content (AvgIpc) is 2.84. The van der Waals surface area contributed by atoms with E-state index in [9.17, 15) is 13.2 Å². The molecule has 33 heavy (non-hydrogen) atoms. The van der Waals surface area contributed by atoms with Gasteiger partial charge in [0, 0.05) is 37.1 Å². The summed E-state index contributed by atoms with van der Waals surface area (Å²) in [6.45, 7) is 6.95. The minimum Gasteiger partial charge on any atom is -0.482 e. The van der Waals surface area contributed by atoms with E-state index in [2.05, 4.69) is 16.1 Å². The second kappa shape index (κ2) is 9.29. The SMILES string of the molecule is CCN(CC)C(=O)c1ccc(C2=CC3(CCNCC3)Oc3ccc(S(=O)(=O)NC)cc32)cc1. The highest BCUT2D eigenvalue weighted by Gasteiger charge is 2.37. The Balaban J connectivity index is 1.79. The third-order valence-corrected chi connectivity index (χ3v) is 7.90. The summed E-state index contributed by atoms with van der Waals surface area (Å²) in [6, 6.07) is 12.5. The summed E-state index contributed by atoms with van der Waals surface area (Å²) in [7, 11) is -2.20. The van der Waals surface area contributed by atoms with E-state index in [1.807, 2.05) is 38.1 Å². The van der Waals surface area contributed by atoms with Crippen LogP contribution < -0.4 is 14.8 Å². The van der Waals surface area contributed by atoms with Crippen molar-refractivity contribution in [1.29, 1.82) is 0 Å². The molecule has 0 unspecified atom stereocenters. The zero-order chi connectivity index (χ0) is 23.6. The van der Waals surface area contributed by atoms with E-state index in [-0.39, 0.29) is 10.8 Å². The number of hydrogen-bond donors (Lipinski definition) is 2. The number of carbonyl (C=O) groups is 1. The van der Waals surface area contributed by atoms with E-state index in [1.165, 1.54) is 7.05 Å². The van der Waals surface area contributed by atoms with Crippen molar-refractivity contribution in [3.8, 4) is 5.75 Å². The fourth-order valence-corrected chi connectivity index (χ4v) is 5.26. The summed E-state index contributed by atoms with van der Waals surface area (Å²) in [4.78, 5) is 14.7. The highest BCUT2D eigenvalue weighted by atomic mass is 32.2. The molecule has 2 aliphatic heterocycles. The van der Waals surface area contributed by atoms with Gasteiger partial charge in [-0.15, -0.1) is 0 Å². The molecule has 4 rings (SSSR count). The molecule has 176 valence electrons. The van der Waals surface area contributed by atoms with Crippen LogP contribution in [0, 0.1) is 0 Å². The molecule has 0 saturated carbocycles. The molecule has 2 heterocycles. The number of rotatable bonds is 6. The van der Waals surface area contributed by atoms with Crippen LogP contribution in [0.3, 0.4) is 0 Å². The van der Waals surface area contributed by atoms with Crippen molar-refractivity contribution in [2.45, 2.75) is 37.2 Å². The van der Waals surface area contributed by atoms with Gasteiger partial charge in [-0.25, -0.2) is 13.1 Å². The Morgan fingerprint density at radius 3 is 2.36 bits per heavy atom. The second-order valence-corrected chi connectivity index (χ2v) is 10.3. The van der Waals surface area contributed by atoms with Crippen LogP contribution in [-0.2, 0) is 10.0 Å². The number of amides is 1. The van der Waals surface area contributed by atoms with Crippen LogP contribution >= 0.6 is 0 Å². The van der Waals surface area contributed by atoms with Crippen molar-refractivity contribution >= 4 is 21.5 Å². The first-order chi connectivity index (χ1) is 15.8. The monoisotopic (exact) mass is 469 g/mol. The topological polar surface area (TPSA) is 87.7 Å². The van der Waals surface area contributed by atoms with Crippen LogP contribution in [0.1, 0.15) is 48.2 Å². The number of hydrogen-bond acceptors (Lipinski definition) is 5. The fraction of sp³-hybridized carbons (Fsp3) is 0.400. The van der Waals surface area contributed by atoms with Crippen molar-refractivity contribution in [2.24, 2.45) is 0 Å². The third kappa shape index (κ3) is 4.55. The van der Waals surface area contributed by atoms with Crippen LogP contribution in [0.5, 0.6) is 5.75 Å². The van der Waals surface area contributed by atoms with E-state index in [4.69, 9.17) is 4.74 Å². The normalized spacial score (nSPS) is 17.1. The minimum absolute atomic E-state index is 0.00475. The Morgan fingerprint density at radius 2 is 1.76 bits per heavy atom. The average molecular weight is 470 g/mol. The lowest BCUT2D eigenvalue weighted by atomic mass is 9.83. The van der Waals surface area contributed by atoms with Gasteiger partial charge in [-0.1, -0.05) is 12.1 Å². The Morgan fingerprint density at radius 1 is 1.09 bits per heavy atom. The molecule has 0 aliphatic carbocycles. The molecule has 8 heteroatoms. The van der Waals surface area contributed by atoms with Crippen molar-refractivity contribution in [2.75, 3.05) is 33.2 Å². The number of carbonyl (C=O) groups excluding carboxylic acids is 1. The molecule has 2 aliphatic rings. The molecule has 2 N–H and O–H groups in total. The van der Waals surface area contributed by atoms with Crippen LogP contribution in [0.2, 0.25) is 0 Å². The predicted molar refractivity (Wildman–Crippen MR) is 129 cm³/mol. The van der Waals surface area contributed by atoms with Crippen molar-refractivity contribution in [3.63, 3.8) is 0 Å². The summed E-state index contributed by atoms with van der Waals surface area (Å²) in [5, 5.41) is 3.37. The van der Waals surface area contributed by atoms with E-state index in [0.717, 1.165) is 42.6 Å². The van der Waals surface area contributed by atoms with E-state index < -0.39 is 15.6 Å². The largest absolute Gasteiger partial charge is 0.482 e. The Labute approximate surface area is 195 Å². The number of ether oxygens (including phenoxy) is 1. The number of nitrogens with one attached hydrogen (secondary N) is 2. The minimum atomic E-state index is -3.60. The summed E-state index contributed by atoms with van der Waals surface area (Å²) in [6.07, 6.45) is 3.78. The van der Waals surface area contributed by atoms with Crippen LogP contribution in [0.4, 0.5) is 0 Å². The molecule has 1 amide bonds. The van der Waals surface area contributed by atoms with Gasteiger partial charge in [-0.3, -0.25) is 4.79 Å². The molecular weight excluding hydrogens is 438 g/mol. The molecule has 0 bridgehead atoms. The lowest BCUT2D eigenvalue weighted by molar-refractivity contribution is 0.0772. The van der Waals surface area contributed by atoms with Crippen LogP contribution in [-0.4, -0.2) is 58.1 Å².